The van der Waals surface area contributed by atoms with Crippen LogP contribution < -0.4 is 5.73 Å². The Morgan fingerprint density at radius 3 is 2.65 bits per heavy atom. The number of carbonyl (C=O) groups excluding carboxylic acids is 1. The third-order valence-electron chi connectivity index (χ3n) is 2.96. The second-order valence-electron chi connectivity index (χ2n) is 5.32. The van der Waals surface area contributed by atoms with Gasteiger partial charge >= 0.3 is 0 Å². The van der Waals surface area contributed by atoms with Crippen molar-refractivity contribution in [2.75, 3.05) is 13.6 Å². The van der Waals surface area contributed by atoms with Crippen LogP contribution in [0.2, 0.25) is 0 Å². The van der Waals surface area contributed by atoms with E-state index in [0.29, 0.717) is 19.5 Å². The van der Waals surface area contributed by atoms with Gasteiger partial charge in [0, 0.05) is 18.3 Å². The van der Waals surface area contributed by atoms with Gasteiger partial charge < -0.3 is 10.6 Å². The fraction of sp³-hybridized carbons (Fsp3) is 0.615. The van der Waals surface area contributed by atoms with Crippen LogP contribution in [0.25, 0.3) is 0 Å². The molecule has 0 bridgehead atoms. The summed E-state index contributed by atoms with van der Waals surface area (Å²) in [4.78, 5) is 15.1. The second-order valence-corrected chi connectivity index (χ2v) is 6.32. The molecule has 0 atom stereocenters. The van der Waals surface area contributed by atoms with Gasteiger partial charge in [-0.15, -0.1) is 11.3 Å². The minimum atomic E-state index is -0.115. The number of rotatable bonds is 5. The topological polar surface area (TPSA) is 46.3 Å². The summed E-state index contributed by atoms with van der Waals surface area (Å²) in [5.74, 6) is 0.160. The van der Waals surface area contributed by atoms with E-state index in [2.05, 4.69) is 18.4 Å². The lowest BCUT2D eigenvalue weighted by Crippen LogP contribution is -2.34. The number of thiophene rings is 1. The predicted molar refractivity (Wildman–Crippen MR) is 73.0 cm³/mol. The largest absolute Gasteiger partial charge is 0.341 e. The van der Waals surface area contributed by atoms with Gasteiger partial charge in [-0.05, 0) is 35.9 Å². The van der Waals surface area contributed by atoms with Crippen molar-refractivity contribution in [1.29, 1.82) is 0 Å². The zero-order valence-corrected chi connectivity index (χ0v) is 11.9. The molecule has 0 fully saturated rings. The Balaban J connectivity index is 2.56. The SMILES string of the molecule is Cc1ccsc1CN(C)C(=O)CC(C)(C)CN. The summed E-state index contributed by atoms with van der Waals surface area (Å²) in [7, 11) is 1.86. The van der Waals surface area contributed by atoms with Crippen LogP contribution >= 0.6 is 11.3 Å². The van der Waals surface area contributed by atoms with E-state index in [4.69, 9.17) is 5.73 Å². The quantitative estimate of drug-likeness (QED) is 0.877. The molecular formula is C13H22N2OS. The maximum Gasteiger partial charge on any atom is 0.223 e. The van der Waals surface area contributed by atoms with Crippen LogP contribution in [0.5, 0.6) is 0 Å². The molecule has 1 aromatic rings. The molecule has 17 heavy (non-hydrogen) atoms. The van der Waals surface area contributed by atoms with Crippen LogP contribution in [0, 0.1) is 12.3 Å². The Morgan fingerprint density at radius 1 is 1.53 bits per heavy atom. The van der Waals surface area contributed by atoms with Gasteiger partial charge in [0.15, 0.2) is 0 Å². The first-order chi connectivity index (χ1) is 7.85. The third-order valence-corrected chi connectivity index (χ3v) is 3.96. The van der Waals surface area contributed by atoms with Crippen molar-refractivity contribution in [1.82, 2.24) is 4.90 Å². The van der Waals surface area contributed by atoms with Gasteiger partial charge in [-0.2, -0.15) is 0 Å². The van der Waals surface area contributed by atoms with Crippen LogP contribution in [0.3, 0.4) is 0 Å². The Morgan fingerprint density at radius 2 is 2.18 bits per heavy atom. The van der Waals surface area contributed by atoms with Gasteiger partial charge in [-0.1, -0.05) is 13.8 Å². The number of aryl methyl sites for hydroxylation is 1. The van der Waals surface area contributed by atoms with Crippen molar-refractivity contribution in [3.05, 3.63) is 21.9 Å². The van der Waals surface area contributed by atoms with E-state index in [-0.39, 0.29) is 11.3 Å². The summed E-state index contributed by atoms with van der Waals surface area (Å²) in [6.07, 6.45) is 0.504. The van der Waals surface area contributed by atoms with Crippen LogP contribution in [0.15, 0.2) is 11.4 Å². The second kappa shape index (κ2) is 5.65. The molecule has 96 valence electrons. The number of nitrogens with two attached hydrogens (primary N) is 1. The van der Waals surface area contributed by atoms with Crippen LogP contribution in [0.1, 0.15) is 30.7 Å². The van der Waals surface area contributed by atoms with Crippen molar-refractivity contribution in [2.24, 2.45) is 11.1 Å². The molecule has 1 amide bonds. The zero-order valence-electron chi connectivity index (χ0n) is 11.1. The molecule has 0 aliphatic carbocycles. The number of hydrogen-bond acceptors (Lipinski definition) is 3. The van der Waals surface area contributed by atoms with Gasteiger partial charge in [0.1, 0.15) is 0 Å². The molecule has 2 N–H and O–H groups in total. The molecule has 0 unspecified atom stereocenters. The van der Waals surface area contributed by atoms with E-state index in [1.807, 2.05) is 20.9 Å². The number of carbonyl (C=O) groups is 1. The maximum absolute atomic E-state index is 12.0. The van der Waals surface area contributed by atoms with Crippen LogP contribution in [0.4, 0.5) is 0 Å². The molecule has 1 heterocycles. The third kappa shape index (κ3) is 4.13. The lowest BCUT2D eigenvalue weighted by Gasteiger charge is -2.25. The average Bonchev–Trinajstić information content (AvgIpc) is 2.64. The first-order valence-corrected chi connectivity index (χ1v) is 6.71. The van der Waals surface area contributed by atoms with E-state index in [1.54, 1.807) is 16.2 Å². The van der Waals surface area contributed by atoms with Crippen molar-refractivity contribution >= 4 is 17.2 Å². The number of hydrogen-bond donors (Lipinski definition) is 1. The smallest absolute Gasteiger partial charge is 0.223 e. The molecule has 1 rings (SSSR count). The highest BCUT2D eigenvalue weighted by atomic mass is 32.1. The standard InChI is InChI=1S/C13H22N2OS/c1-10-5-6-17-11(10)8-15(4)12(16)7-13(2,3)9-14/h5-6H,7-9,14H2,1-4H3. The van der Waals surface area contributed by atoms with Crippen molar-refractivity contribution < 1.29 is 4.79 Å². The van der Waals surface area contributed by atoms with E-state index in [9.17, 15) is 4.79 Å². The summed E-state index contributed by atoms with van der Waals surface area (Å²) in [5.41, 5.74) is 6.79. The van der Waals surface area contributed by atoms with E-state index < -0.39 is 0 Å². The molecule has 0 radical (unpaired) electrons. The molecule has 0 spiro atoms. The first-order valence-electron chi connectivity index (χ1n) is 5.83. The Hall–Kier alpha value is -0.870. The number of nitrogens with zero attached hydrogens (tertiary/aromatic N) is 1. The fourth-order valence-electron chi connectivity index (χ4n) is 1.49. The normalized spacial score (nSPS) is 11.6. The lowest BCUT2D eigenvalue weighted by molar-refractivity contribution is -0.132. The highest BCUT2D eigenvalue weighted by molar-refractivity contribution is 7.10. The number of amides is 1. The molecule has 3 nitrogen and oxygen atoms in total. The highest BCUT2D eigenvalue weighted by Gasteiger charge is 2.22. The fourth-order valence-corrected chi connectivity index (χ4v) is 2.44. The van der Waals surface area contributed by atoms with Crippen molar-refractivity contribution in [3.63, 3.8) is 0 Å². The molecule has 0 saturated carbocycles. The Kier molecular flexibility index (Phi) is 4.71. The molecule has 0 aliphatic heterocycles. The van der Waals surface area contributed by atoms with Gasteiger partial charge in [0.25, 0.3) is 0 Å². The lowest BCUT2D eigenvalue weighted by atomic mass is 9.89. The van der Waals surface area contributed by atoms with Crippen molar-refractivity contribution in [2.45, 2.75) is 33.7 Å². The Bertz CT molecular complexity index is 385. The van der Waals surface area contributed by atoms with Gasteiger partial charge in [0.2, 0.25) is 5.91 Å². The molecule has 4 heteroatoms. The van der Waals surface area contributed by atoms with Crippen molar-refractivity contribution in [3.8, 4) is 0 Å². The summed E-state index contributed by atoms with van der Waals surface area (Å²) < 4.78 is 0. The summed E-state index contributed by atoms with van der Waals surface area (Å²) in [5, 5.41) is 2.06. The molecule has 0 aromatic carbocycles. The van der Waals surface area contributed by atoms with Crippen LogP contribution in [-0.4, -0.2) is 24.4 Å². The minimum absolute atomic E-state index is 0.115. The summed E-state index contributed by atoms with van der Waals surface area (Å²) in [6, 6.07) is 2.09. The monoisotopic (exact) mass is 254 g/mol. The summed E-state index contributed by atoms with van der Waals surface area (Å²) in [6.45, 7) is 7.35. The molecular weight excluding hydrogens is 232 g/mol. The molecule has 0 saturated heterocycles. The first kappa shape index (κ1) is 14.2. The zero-order chi connectivity index (χ0) is 13.1. The molecule has 1 aromatic heterocycles. The minimum Gasteiger partial charge on any atom is -0.341 e. The van der Waals surface area contributed by atoms with E-state index >= 15 is 0 Å². The van der Waals surface area contributed by atoms with Gasteiger partial charge in [0.05, 0.1) is 6.54 Å². The van der Waals surface area contributed by atoms with Crippen LogP contribution in [-0.2, 0) is 11.3 Å². The average molecular weight is 254 g/mol. The summed E-state index contributed by atoms with van der Waals surface area (Å²) >= 11 is 1.70. The Labute approximate surface area is 108 Å². The maximum atomic E-state index is 12.0. The highest BCUT2D eigenvalue weighted by Crippen LogP contribution is 2.21. The van der Waals surface area contributed by atoms with Gasteiger partial charge in [-0.25, -0.2) is 0 Å². The van der Waals surface area contributed by atoms with E-state index in [1.165, 1.54) is 10.4 Å². The van der Waals surface area contributed by atoms with E-state index in [0.717, 1.165) is 0 Å². The van der Waals surface area contributed by atoms with Gasteiger partial charge in [-0.3, -0.25) is 4.79 Å². The predicted octanol–water partition coefficient (Wildman–Crippen LogP) is 2.39. The molecule has 0 aliphatic rings.